The number of ether oxygens (including phenoxy) is 1. The molecule has 2 N–H and O–H groups in total. The highest BCUT2D eigenvalue weighted by Crippen LogP contribution is 2.40. The summed E-state index contributed by atoms with van der Waals surface area (Å²) in [7, 11) is 3.27. The van der Waals surface area contributed by atoms with Crippen LogP contribution in [0.2, 0.25) is 5.15 Å². The minimum Gasteiger partial charge on any atom is -0.495 e. The van der Waals surface area contributed by atoms with Crippen LogP contribution in [0.15, 0.2) is 24.3 Å². The van der Waals surface area contributed by atoms with Crippen molar-refractivity contribution in [1.29, 1.82) is 0 Å². The van der Waals surface area contributed by atoms with Crippen LogP contribution in [0.1, 0.15) is 50.2 Å². The molecule has 7 heteroatoms. The lowest BCUT2D eigenvalue weighted by molar-refractivity contribution is -0.115. The van der Waals surface area contributed by atoms with Gasteiger partial charge in [-0.2, -0.15) is 0 Å². The number of anilines is 3. The minimum absolute atomic E-state index is 0.324. The van der Waals surface area contributed by atoms with E-state index in [4.69, 9.17) is 16.3 Å². The minimum atomic E-state index is 0.324. The van der Waals surface area contributed by atoms with E-state index in [0.29, 0.717) is 23.3 Å². The van der Waals surface area contributed by atoms with Crippen molar-refractivity contribution in [3.63, 3.8) is 0 Å². The number of carbonyl (C=O) groups excluding carboxylic acids is 1. The van der Waals surface area contributed by atoms with E-state index in [-0.39, 0.29) is 0 Å². The highest BCUT2D eigenvalue weighted by molar-refractivity contribution is 6.29. The van der Waals surface area contributed by atoms with Gasteiger partial charge in [-0.3, -0.25) is 15.2 Å². The molecule has 152 valence electrons. The summed E-state index contributed by atoms with van der Waals surface area (Å²) in [6.45, 7) is 5.90. The van der Waals surface area contributed by atoms with Gasteiger partial charge in [-0.15, -0.1) is 0 Å². The van der Waals surface area contributed by atoms with Gasteiger partial charge < -0.3 is 10.1 Å². The third-order valence-electron chi connectivity index (χ3n) is 4.75. The number of amides is 1. The molecule has 1 aliphatic rings. The molecule has 1 fully saturated rings. The Labute approximate surface area is 172 Å². The third-order valence-corrected chi connectivity index (χ3v) is 4.95. The highest BCUT2D eigenvalue weighted by Gasteiger charge is 2.21. The van der Waals surface area contributed by atoms with Gasteiger partial charge in [0, 0.05) is 18.3 Å². The lowest BCUT2D eigenvalue weighted by Crippen LogP contribution is -2.24. The fourth-order valence-electron chi connectivity index (χ4n) is 2.96. The van der Waals surface area contributed by atoms with Gasteiger partial charge in [0.1, 0.15) is 10.9 Å². The van der Waals surface area contributed by atoms with Crippen LogP contribution >= 0.6 is 11.6 Å². The molecule has 3 rings (SSSR count). The molecule has 1 saturated carbocycles. The van der Waals surface area contributed by atoms with Crippen molar-refractivity contribution in [2.45, 2.75) is 46.0 Å². The zero-order valence-electron chi connectivity index (χ0n) is 17.2. The molecule has 0 radical (unpaired) electrons. The van der Waals surface area contributed by atoms with Gasteiger partial charge in [0.15, 0.2) is 5.82 Å². The van der Waals surface area contributed by atoms with E-state index in [1.54, 1.807) is 20.2 Å². The topological polar surface area (TPSA) is 66.5 Å². The molecule has 0 saturated heterocycles. The predicted octanol–water partition coefficient (Wildman–Crippen LogP) is 5.50. The first-order valence-corrected chi connectivity index (χ1v) is 9.96. The summed E-state index contributed by atoms with van der Waals surface area (Å²) in [5.74, 6) is 1.95. The second-order valence-electron chi connectivity index (χ2n) is 6.51. The zero-order valence-corrected chi connectivity index (χ0v) is 17.9. The van der Waals surface area contributed by atoms with Crippen molar-refractivity contribution >= 4 is 35.2 Å². The van der Waals surface area contributed by atoms with Gasteiger partial charge in [-0.1, -0.05) is 37.9 Å². The number of pyridine rings is 1. The van der Waals surface area contributed by atoms with E-state index in [2.05, 4.69) is 27.9 Å². The Morgan fingerprint density at radius 1 is 1.25 bits per heavy atom. The molecule has 1 aromatic carbocycles. The highest BCUT2D eigenvalue weighted by atomic mass is 35.5. The molecule has 28 heavy (non-hydrogen) atoms. The SMILES string of the molecule is CC.COc1cc(C2CCC2)ccc1Nc1cc(Cl)nc(NN(C)C=O)c1C. The predicted molar refractivity (Wildman–Crippen MR) is 116 cm³/mol. The molecule has 1 aromatic heterocycles. The van der Waals surface area contributed by atoms with Crippen molar-refractivity contribution in [3.8, 4) is 5.75 Å². The Hall–Kier alpha value is -2.47. The van der Waals surface area contributed by atoms with Gasteiger partial charge in [-0.05, 0) is 49.4 Å². The van der Waals surface area contributed by atoms with E-state index in [9.17, 15) is 4.79 Å². The van der Waals surface area contributed by atoms with E-state index < -0.39 is 0 Å². The summed E-state index contributed by atoms with van der Waals surface area (Å²) < 4.78 is 5.58. The lowest BCUT2D eigenvalue weighted by atomic mass is 9.80. The molecule has 0 bridgehead atoms. The Balaban J connectivity index is 0.00000136. The molecule has 0 aliphatic heterocycles. The molecule has 6 nitrogen and oxygen atoms in total. The van der Waals surface area contributed by atoms with E-state index in [1.165, 1.54) is 29.8 Å². The first kappa shape index (κ1) is 21.8. The van der Waals surface area contributed by atoms with Crippen LogP contribution in [0, 0.1) is 6.92 Å². The third kappa shape index (κ3) is 5.07. The van der Waals surface area contributed by atoms with Crippen molar-refractivity contribution in [3.05, 3.63) is 40.5 Å². The molecular formula is C21H29ClN4O2. The summed E-state index contributed by atoms with van der Waals surface area (Å²) in [4.78, 5) is 15.1. The number of hydrogen-bond donors (Lipinski definition) is 2. The second-order valence-corrected chi connectivity index (χ2v) is 6.89. The number of aromatic nitrogens is 1. The van der Waals surface area contributed by atoms with Crippen LogP contribution in [0.3, 0.4) is 0 Å². The fraction of sp³-hybridized carbons (Fsp3) is 0.429. The van der Waals surface area contributed by atoms with Crippen LogP contribution in [-0.2, 0) is 4.79 Å². The van der Waals surface area contributed by atoms with Crippen LogP contribution in [-0.4, -0.2) is 30.6 Å². The van der Waals surface area contributed by atoms with Gasteiger partial charge in [0.2, 0.25) is 6.41 Å². The number of carbonyl (C=O) groups is 1. The summed E-state index contributed by atoms with van der Waals surface area (Å²) >= 11 is 6.15. The molecule has 1 aliphatic carbocycles. The summed E-state index contributed by atoms with van der Waals surface area (Å²) in [5, 5.41) is 4.98. The van der Waals surface area contributed by atoms with Crippen LogP contribution < -0.4 is 15.5 Å². The van der Waals surface area contributed by atoms with Gasteiger partial charge in [0.25, 0.3) is 0 Å². The first-order valence-electron chi connectivity index (χ1n) is 9.58. The molecule has 2 aromatic rings. The molecule has 0 unspecified atom stereocenters. The summed E-state index contributed by atoms with van der Waals surface area (Å²) in [6, 6.07) is 8.03. The van der Waals surface area contributed by atoms with Crippen LogP contribution in [0.4, 0.5) is 17.2 Å². The normalized spacial score (nSPS) is 12.9. The Morgan fingerprint density at radius 3 is 2.54 bits per heavy atom. The zero-order chi connectivity index (χ0) is 20.7. The smallest absolute Gasteiger partial charge is 0.227 e. The summed E-state index contributed by atoms with van der Waals surface area (Å²) in [5.41, 5.74) is 6.70. The number of benzene rings is 1. The maximum atomic E-state index is 10.9. The number of nitrogens with zero attached hydrogens (tertiary/aromatic N) is 2. The average molecular weight is 405 g/mol. The number of methoxy groups -OCH3 is 1. The number of hydrazine groups is 1. The van der Waals surface area contributed by atoms with Crippen molar-refractivity contribution in [2.24, 2.45) is 0 Å². The molecule has 1 heterocycles. The van der Waals surface area contributed by atoms with E-state index >= 15 is 0 Å². The summed E-state index contributed by atoms with van der Waals surface area (Å²) in [6.07, 6.45) is 4.45. The molecule has 0 atom stereocenters. The second kappa shape index (κ2) is 10.2. The lowest BCUT2D eigenvalue weighted by Gasteiger charge is -2.26. The number of hydrogen-bond acceptors (Lipinski definition) is 5. The largest absolute Gasteiger partial charge is 0.495 e. The number of rotatable bonds is 7. The maximum absolute atomic E-state index is 10.9. The Morgan fingerprint density at radius 2 is 1.96 bits per heavy atom. The van der Waals surface area contributed by atoms with Crippen molar-refractivity contribution < 1.29 is 9.53 Å². The standard InChI is InChI=1S/C19H23ClN4O2.C2H6/c1-12-16(10-18(20)22-19(12)23-24(2)11-25)21-15-8-7-14(9-17(15)26-3)13-5-4-6-13;1-2/h7-11,13H,4-6H2,1-3H3,(H2,21,22,23);1-2H3. The van der Waals surface area contributed by atoms with Crippen LogP contribution in [0.5, 0.6) is 5.75 Å². The number of nitrogens with one attached hydrogen (secondary N) is 2. The molecular weight excluding hydrogens is 376 g/mol. The Bertz CT molecular complexity index is 809. The van der Waals surface area contributed by atoms with Crippen molar-refractivity contribution in [1.82, 2.24) is 9.99 Å². The molecule has 1 amide bonds. The first-order chi connectivity index (χ1) is 13.5. The van der Waals surface area contributed by atoms with Gasteiger partial charge in [0.05, 0.1) is 12.8 Å². The quantitative estimate of drug-likeness (QED) is 0.362. The van der Waals surface area contributed by atoms with E-state index in [0.717, 1.165) is 22.7 Å². The van der Waals surface area contributed by atoms with Gasteiger partial charge >= 0.3 is 0 Å². The van der Waals surface area contributed by atoms with Crippen LogP contribution in [0.25, 0.3) is 0 Å². The number of halogens is 1. The maximum Gasteiger partial charge on any atom is 0.227 e. The fourth-order valence-corrected chi connectivity index (χ4v) is 3.16. The monoisotopic (exact) mass is 404 g/mol. The van der Waals surface area contributed by atoms with Crippen molar-refractivity contribution in [2.75, 3.05) is 24.9 Å². The average Bonchev–Trinajstić information content (AvgIpc) is 2.66. The molecule has 0 spiro atoms. The van der Waals surface area contributed by atoms with Gasteiger partial charge in [-0.25, -0.2) is 4.98 Å². The Kier molecular flexibility index (Phi) is 7.93. The van der Waals surface area contributed by atoms with E-state index in [1.807, 2.05) is 26.8 Å².